The van der Waals surface area contributed by atoms with Gasteiger partial charge in [-0.1, -0.05) is 12.1 Å². The molecule has 0 aliphatic carbocycles. The second-order valence-electron chi connectivity index (χ2n) is 3.67. The first kappa shape index (κ1) is 12.4. The van der Waals surface area contributed by atoms with Crippen LogP contribution >= 0.6 is 0 Å². The standard InChI is InChI=1S/C11H14FNO3/c1-6-2-3-7(11(16)10(6)12)8(13)4-5-9(14)15/h2-3,8,16H,4-5,13H2,1H3,(H,14,15). The Bertz CT molecular complexity index is 406. The van der Waals surface area contributed by atoms with Gasteiger partial charge in [-0.2, -0.15) is 0 Å². The van der Waals surface area contributed by atoms with E-state index in [2.05, 4.69) is 0 Å². The second-order valence-corrected chi connectivity index (χ2v) is 3.67. The molecule has 1 atom stereocenters. The van der Waals surface area contributed by atoms with Gasteiger partial charge in [0.1, 0.15) is 0 Å². The first-order chi connectivity index (χ1) is 7.43. The number of carboxylic acid groups (broad SMARTS) is 1. The Kier molecular flexibility index (Phi) is 3.84. The third-order valence-corrected chi connectivity index (χ3v) is 2.41. The van der Waals surface area contributed by atoms with Crippen molar-refractivity contribution < 1.29 is 19.4 Å². The summed E-state index contributed by atoms with van der Waals surface area (Å²) < 4.78 is 13.3. The van der Waals surface area contributed by atoms with Crippen LogP contribution in [0.2, 0.25) is 0 Å². The Hall–Kier alpha value is -1.62. The predicted molar refractivity (Wildman–Crippen MR) is 56.6 cm³/mol. The number of aromatic hydroxyl groups is 1. The predicted octanol–water partition coefficient (Wildman–Crippen LogP) is 1.70. The van der Waals surface area contributed by atoms with Crippen LogP contribution in [0.15, 0.2) is 12.1 Å². The van der Waals surface area contributed by atoms with E-state index in [-0.39, 0.29) is 18.4 Å². The lowest BCUT2D eigenvalue weighted by Crippen LogP contribution is -2.13. The van der Waals surface area contributed by atoms with Gasteiger partial charge in [0.15, 0.2) is 11.6 Å². The van der Waals surface area contributed by atoms with E-state index >= 15 is 0 Å². The average molecular weight is 227 g/mol. The van der Waals surface area contributed by atoms with E-state index in [1.165, 1.54) is 19.1 Å². The number of hydrogen-bond acceptors (Lipinski definition) is 3. The minimum absolute atomic E-state index is 0.115. The topological polar surface area (TPSA) is 83.6 Å². The summed E-state index contributed by atoms with van der Waals surface area (Å²) in [5.41, 5.74) is 6.24. The number of phenolic OH excluding ortho intramolecular Hbond substituents is 1. The third-order valence-electron chi connectivity index (χ3n) is 2.41. The van der Waals surface area contributed by atoms with Crippen molar-refractivity contribution in [1.29, 1.82) is 0 Å². The molecule has 16 heavy (non-hydrogen) atoms. The van der Waals surface area contributed by atoms with Crippen molar-refractivity contribution in [3.8, 4) is 5.75 Å². The lowest BCUT2D eigenvalue weighted by molar-refractivity contribution is -0.137. The summed E-state index contributed by atoms with van der Waals surface area (Å²) in [6, 6.07) is 2.34. The Labute approximate surface area is 92.5 Å². The highest BCUT2D eigenvalue weighted by Crippen LogP contribution is 2.29. The van der Waals surface area contributed by atoms with Gasteiger partial charge in [-0.05, 0) is 18.9 Å². The van der Waals surface area contributed by atoms with Crippen molar-refractivity contribution in [2.24, 2.45) is 5.73 Å². The highest BCUT2D eigenvalue weighted by molar-refractivity contribution is 5.66. The van der Waals surface area contributed by atoms with Crippen LogP contribution in [-0.4, -0.2) is 16.2 Å². The molecule has 0 fully saturated rings. The number of aliphatic carboxylic acids is 1. The third kappa shape index (κ3) is 2.70. The average Bonchev–Trinajstić information content (AvgIpc) is 2.23. The molecule has 0 aliphatic heterocycles. The van der Waals surface area contributed by atoms with Gasteiger partial charge in [0.25, 0.3) is 0 Å². The highest BCUT2D eigenvalue weighted by atomic mass is 19.1. The normalized spacial score (nSPS) is 12.4. The number of hydrogen-bond donors (Lipinski definition) is 3. The van der Waals surface area contributed by atoms with Crippen molar-refractivity contribution in [3.05, 3.63) is 29.1 Å². The molecule has 0 saturated carbocycles. The van der Waals surface area contributed by atoms with Crippen LogP contribution in [-0.2, 0) is 4.79 Å². The number of nitrogens with two attached hydrogens (primary N) is 1. The molecule has 88 valence electrons. The zero-order chi connectivity index (χ0) is 12.3. The fourth-order valence-corrected chi connectivity index (χ4v) is 1.41. The quantitative estimate of drug-likeness (QED) is 0.731. The molecular weight excluding hydrogens is 213 g/mol. The Balaban J connectivity index is 2.87. The largest absolute Gasteiger partial charge is 0.505 e. The number of phenols is 1. The summed E-state index contributed by atoms with van der Waals surface area (Å²) in [5.74, 6) is -2.16. The van der Waals surface area contributed by atoms with E-state index in [1.54, 1.807) is 0 Å². The fraction of sp³-hybridized carbons (Fsp3) is 0.364. The molecule has 0 bridgehead atoms. The molecule has 0 saturated heterocycles. The molecule has 4 nitrogen and oxygen atoms in total. The van der Waals surface area contributed by atoms with Gasteiger partial charge in [-0.3, -0.25) is 4.79 Å². The van der Waals surface area contributed by atoms with E-state index in [0.29, 0.717) is 5.56 Å². The number of carbonyl (C=O) groups is 1. The van der Waals surface area contributed by atoms with Gasteiger partial charge in [-0.15, -0.1) is 0 Å². The minimum Gasteiger partial charge on any atom is -0.505 e. The van der Waals surface area contributed by atoms with Crippen LogP contribution in [0.5, 0.6) is 5.75 Å². The van der Waals surface area contributed by atoms with E-state index in [9.17, 15) is 14.3 Å². The molecular formula is C11H14FNO3. The number of rotatable bonds is 4. The Morgan fingerprint density at radius 2 is 2.19 bits per heavy atom. The van der Waals surface area contributed by atoms with Gasteiger partial charge < -0.3 is 15.9 Å². The first-order valence-electron chi connectivity index (χ1n) is 4.88. The van der Waals surface area contributed by atoms with Crippen LogP contribution in [0.25, 0.3) is 0 Å². The number of carboxylic acids is 1. The van der Waals surface area contributed by atoms with Crippen molar-refractivity contribution in [2.45, 2.75) is 25.8 Å². The monoisotopic (exact) mass is 227 g/mol. The molecule has 1 aromatic rings. The maximum Gasteiger partial charge on any atom is 0.303 e. The Morgan fingerprint density at radius 3 is 2.75 bits per heavy atom. The van der Waals surface area contributed by atoms with E-state index in [4.69, 9.17) is 10.8 Å². The van der Waals surface area contributed by atoms with Crippen molar-refractivity contribution >= 4 is 5.97 Å². The molecule has 0 heterocycles. The molecule has 0 spiro atoms. The van der Waals surface area contributed by atoms with Crippen LogP contribution < -0.4 is 5.73 Å². The zero-order valence-electron chi connectivity index (χ0n) is 8.90. The van der Waals surface area contributed by atoms with Gasteiger partial charge in [-0.25, -0.2) is 4.39 Å². The summed E-state index contributed by atoms with van der Waals surface area (Å²) in [7, 11) is 0. The number of benzene rings is 1. The summed E-state index contributed by atoms with van der Waals surface area (Å²) >= 11 is 0. The van der Waals surface area contributed by atoms with Gasteiger partial charge in [0.2, 0.25) is 0 Å². The molecule has 1 rings (SSSR count). The van der Waals surface area contributed by atoms with E-state index in [0.717, 1.165) is 0 Å². The summed E-state index contributed by atoms with van der Waals surface area (Å²) in [6.45, 7) is 1.53. The van der Waals surface area contributed by atoms with Crippen molar-refractivity contribution in [2.75, 3.05) is 0 Å². The van der Waals surface area contributed by atoms with Crippen LogP contribution in [0.4, 0.5) is 4.39 Å². The summed E-state index contributed by atoms with van der Waals surface area (Å²) in [4.78, 5) is 10.3. The van der Waals surface area contributed by atoms with Gasteiger partial charge >= 0.3 is 5.97 Å². The van der Waals surface area contributed by atoms with E-state index in [1.807, 2.05) is 0 Å². The highest BCUT2D eigenvalue weighted by Gasteiger charge is 2.16. The molecule has 0 aliphatic rings. The maximum atomic E-state index is 13.3. The maximum absolute atomic E-state index is 13.3. The fourth-order valence-electron chi connectivity index (χ4n) is 1.41. The lowest BCUT2D eigenvalue weighted by Gasteiger charge is -2.13. The lowest BCUT2D eigenvalue weighted by atomic mass is 10.00. The zero-order valence-corrected chi connectivity index (χ0v) is 8.90. The molecule has 4 N–H and O–H groups in total. The van der Waals surface area contributed by atoms with Crippen LogP contribution in [0, 0.1) is 12.7 Å². The number of aryl methyl sites for hydroxylation is 1. The Morgan fingerprint density at radius 1 is 1.56 bits per heavy atom. The number of halogens is 1. The molecule has 1 unspecified atom stereocenters. The molecule has 5 heteroatoms. The van der Waals surface area contributed by atoms with Crippen LogP contribution in [0.3, 0.4) is 0 Å². The molecule has 0 radical (unpaired) electrons. The summed E-state index contributed by atoms with van der Waals surface area (Å²) in [5, 5.41) is 18.0. The van der Waals surface area contributed by atoms with Gasteiger partial charge in [0, 0.05) is 18.0 Å². The minimum atomic E-state index is -0.970. The summed E-state index contributed by atoms with van der Waals surface area (Å²) in [6.07, 6.45) is 0.0432. The van der Waals surface area contributed by atoms with Gasteiger partial charge in [0.05, 0.1) is 0 Å². The van der Waals surface area contributed by atoms with E-state index < -0.39 is 23.6 Å². The SMILES string of the molecule is Cc1ccc(C(N)CCC(=O)O)c(O)c1F. The second kappa shape index (κ2) is 4.94. The first-order valence-corrected chi connectivity index (χ1v) is 4.88. The molecule has 0 amide bonds. The van der Waals surface area contributed by atoms with Crippen molar-refractivity contribution in [3.63, 3.8) is 0 Å². The van der Waals surface area contributed by atoms with Crippen molar-refractivity contribution in [1.82, 2.24) is 0 Å². The molecule has 0 aromatic heterocycles. The molecule has 1 aromatic carbocycles. The van der Waals surface area contributed by atoms with Crippen LogP contribution in [0.1, 0.15) is 30.0 Å². The smallest absolute Gasteiger partial charge is 0.303 e.